The van der Waals surface area contributed by atoms with Crippen LogP contribution in [0.2, 0.25) is 0 Å². The molecule has 0 radical (unpaired) electrons. The van der Waals surface area contributed by atoms with E-state index in [9.17, 15) is 13.6 Å². The summed E-state index contributed by atoms with van der Waals surface area (Å²) in [6.45, 7) is -2.97. The van der Waals surface area contributed by atoms with Crippen molar-refractivity contribution in [2.45, 2.75) is 6.61 Å². The van der Waals surface area contributed by atoms with Gasteiger partial charge in [0, 0.05) is 18.0 Å². The Kier molecular flexibility index (Phi) is 4.19. The predicted molar refractivity (Wildman–Crippen MR) is 68.4 cm³/mol. The highest BCUT2D eigenvalue weighted by molar-refractivity contribution is 6.03. The second-order valence-corrected chi connectivity index (χ2v) is 3.78. The number of hydrogen-bond donors (Lipinski definition) is 2. The van der Waals surface area contributed by atoms with Crippen LogP contribution in [0.1, 0.15) is 10.5 Å². The van der Waals surface area contributed by atoms with Crippen LogP contribution in [0.3, 0.4) is 0 Å². The SMILES string of the molecule is COc1ccc(NC(=O)c2ccc[nH]2)cc1OC(F)F. The number of carbonyl (C=O) groups is 1. The standard InChI is InChI=1S/C13H12F2N2O3/c1-19-10-5-4-8(7-11(10)20-13(14)15)17-12(18)9-3-2-6-16-9/h2-7,13,16H,1H3,(H,17,18). The molecule has 1 aromatic heterocycles. The van der Waals surface area contributed by atoms with Gasteiger partial charge in [0.15, 0.2) is 11.5 Å². The first kappa shape index (κ1) is 13.9. The molecule has 0 saturated carbocycles. The monoisotopic (exact) mass is 282 g/mol. The quantitative estimate of drug-likeness (QED) is 0.886. The minimum Gasteiger partial charge on any atom is -0.493 e. The zero-order valence-corrected chi connectivity index (χ0v) is 10.5. The normalized spacial score (nSPS) is 10.4. The van der Waals surface area contributed by atoms with Gasteiger partial charge in [0.2, 0.25) is 0 Å². The molecule has 1 aromatic carbocycles. The number of halogens is 2. The fraction of sp³-hybridized carbons (Fsp3) is 0.154. The third kappa shape index (κ3) is 3.25. The number of anilines is 1. The van der Waals surface area contributed by atoms with Crippen LogP contribution in [-0.4, -0.2) is 24.6 Å². The molecule has 1 amide bonds. The Bertz CT molecular complexity index is 585. The Labute approximate surface area is 113 Å². The minimum atomic E-state index is -2.97. The molecular weight excluding hydrogens is 270 g/mol. The highest BCUT2D eigenvalue weighted by atomic mass is 19.3. The zero-order chi connectivity index (χ0) is 14.5. The average molecular weight is 282 g/mol. The molecule has 1 heterocycles. The number of aromatic amines is 1. The number of benzene rings is 1. The molecule has 0 saturated heterocycles. The van der Waals surface area contributed by atoms with Crippen LogP contribution in [-0.2, 0) is 0 Å². The van der Waals surface area contributed by atoms with Crippen molar-refractivity contribution >= 4 is 11.6 Å². The smallest absolute Gasteiger partial charge is 0.387 e. The van der Waals surface area contributed by atoms with Gasteiger partial charge in [0.05, 0.1) is 7.11 Å². The summed E-state index contributed by atoms with van der Waals surface area (Å²) in [5.74, 6) is -0.377. The van der Waals surface area contributed by atoms with E-state index in [0.717, 1.165) is 0 Å². The van der Waals surface area contributed by atoms with Gasteiger partial charge in [-0.05, 0) is 24.3 Å². The number of rotatable bonds is 5. The molecule has 0 fully saturated rings. The number of hydrogen-bond acceptors (Lipinski definition) is 3. The number of H-pyrrole nitrogens is 1. The summed E-state index contributed by atoms with van der Waals surface area (Å²) in [7, 11) is 1.34. The molecule has 2 N–H and O–H groups in total. The van der Waals surface area contributed by atoms with Crippen molar-refractivity contribution in [1.29, 1.82) is 0 Å². The molecule has 106 valence electrons. The molecule has 0 atom stereocenters. The maximum absolute atomic E-state index is 12.3. The van der Waals surface area contributed by atoms with Crippen LogP contribution in [0.15, 0.2) is 36.5 Å². The van der Waals surface area contributed by atoms with E-state index in [1.54, 1.807) is 18.3 Å². The minimum absolute atomic E-state index is 0.146. The van der Waals surface area contributed by atoms with E-state index in [1.807, 2.05) is 0 Å². The van der Waals surface area contributed by atoms with E-state index in [1.165, 1.54) is 25.3 Å². The van der Waals surface area contributed by atoms with Crippen molar-refractivity contribution in [3.05, 3.63) is 42.2 Å². The molecule has 2 aromatic rings. The van der Waals surface area contributed by atoms with Gasteiger partial charge in [0.25, 0.3) is 5.91 Å². The van der Waals surface area contributed by atoms with Crippen LogP contribution in [0.4, 0.5) is 14.5 Å². The topological polar surface area (TPSA) is 63.3 Å². The molecule has 0 spiro atoms. The maximum Gasteiger partial charge on any atom is 0.387 e. The zero-order valence-electron chi connectivity index (χ0n) is 10.5. The van der Waals surface area contributed by atoms with Gasteiger partial charge in [-0.1, -0.05) is 0 Å². The van der Waals surface area contributed by atoms with E-state index in [0.29, 0.717) is 11.4 Å². The molecule has 0 aliphatic rings. The molecule has 20 heavy (non-hydrogen) atoms. The Balaban J connectivity index is 2.18. The van der Waals surface area contributed by atoms with Crippen LogP contribution >= 0.6 is 0 Å². The molecular formula is C13H12F2N2O3. The molecule has 0 aliphatic carbocycles. The average Bonchev–Trinajstić information content (AvgIpc) is 2.92. The lowest BCUT2D eigenvalue weighted by Crippen LogP contribution is -2.12. The number of nitrogens with one attached hydrogen (secondary N) is 2. The predicted octanol–water partition coefficient (Wildman–Crippen LogP) is 2.88. The van der Waals surface area contributed by atoms with Crippen molar-refractivity contribution in [2.75, 3.05) is 12.4 Å². The molecule has 0 bridgehead atoms. The summed E-state index contributed by atoms with van der Waals surface area (Å²) in [5, 5.41) is 2.56. The van der Waals surface area contributed by atoms with Crippen molar-refractivity contribution in [3.8, 4) is 11.5 Å². The Morgan fingerprint density at radius 2 is 2.10 bits per heavy atom. The lowest BCUT2D eigenvalue weighted by Gasteiger charge is -2.12. The summed E-state index contributed by atoms with van der Waals surface area (Å²) in [4.78, 5) is 14.5. The molecule has 5 nitrogen and oxygen atoms in total. The second-order valence-electron chi connectivity index (χ2n) is 3.78. The number of carbonyl (C=O) groups excluding carboxylic acids is 1. The van der Waals surface area contributed by atoms with E-state index >= 15 is 0 Å². The fourth-order valence-electron chi connectivity index (χ4n) is 1.61. The van der Waals surface area contributed by atoms with Gasteiger partial charge < -0.3 is 19.8 Å². The molecule has 0 unspecified atom stereocenters. The van der Waals surface area contributed by atoms with Crippen LogP contribution in [0, 0.1) is 0 Å². The fourth-order valence-corrected chi connectivity index (χ4v) is 1.61. The van der Waals surface area contributed by atoms with Crippen molar-refractivity contribution in [3.63, 3.8) is 0 Å². The Morgan fingerprint density at radius 1 is 1.30 bits per heavy atom. The lowest BCUT2D eigenvalue weighted by molar-refractivity contribution is -0.0511. The summed E-state index contributed by atoms with van der Waals surface area (Å²) in [6, 6.07) is 7.50. The first-order valence-electron chi connectivity index (χ1n) is 5.67. The summed E-state index contributed by atoms with van der Waals surface area (Å²) >= 11 is 0. The molecule has 7 heteroatoms. The largest absolute Gasteiger partial charge is 0.493 e. The van der Waals surface area contributed by atoms with Crippen LogP contribution < -0.4 is 14.8 Å². The van der Waals surface area contributed by atoms with E-state index in [-0.39, 0.29) is 17.4 Å². The van der Waals surface area contributed by atoms with Gasteiger partial charge >= 0.3 is 6.61 Å². The molecule has 0 aliphatic heterocycles. The lowest BCUT2D eigenvalue weighted by atomic mass is 10.2. The van der Waals surface area contributed by atoms with Crippen molar-refractivity contribution in [1.82, 2.24) is 4.98 Å². The van der Waals surface area contributed by atoms with E-state index in [2.05, 4.69) is 15.0 Å². The third-order valence-corrected chi connectivity index (χ3v) is 2.48. The summed E-state index contributed by atoms with van der Waals surface area (Å²) in [5.41, 5.74) is 0.679. The van der Waals surface area contributed by atoms with Gasteiger partial charge in [-0.2, -0.15) is 8.78 Å². The highest BCUT2D eigenvalue weighted by Gasteiger charge is 2.13. The number of alkyl halides is 2. The van der Waals surface area contributed by atoms with Gasteiger partial charge in [-0.3, -0.25) is 4.79 Å². The second kappa shape index (κ2) is 6.05. The van der Waals surface area contributed by atoms with Gasteiger partial charge in [0.1, 0.15) is 5.69 Å². The summed E-state index contributed by atoms with van der Waals surface area (Å²) in [6.07, 6.45) is 1.61. The Morgan fingerprint density at radius 3 is 2.70 bits per heavy atom. The van der Waals surface area contributed by atoms with Crippen molar-refractivity contribution < 1.29 is 23.0 Å². The van der Waals surface area contributed by atoms with Gasteiger partial charge in [-0.25, -0.2) is 0 Å². The highest BCUT2D eigenvalue weighted by Crippen LogP contribution is 2.31. The number of ether oxygens (including phenoxy) is 2. The maximum atomic E-state index is 12.3. The van der Waals surface area contributed by atoms with E-state index < -0.39 is 6.61 Å². The first-order valence-corrected chi connectivity index (χ1v) is 5.67. The van der Waals surface area contributed by atoms with Crippen LogP contribution in [0.5, 0.6) is 11.5 Å². The number of methoxy groups -OCH3 is 1. The molecule has 2 rings (SSSR count). The van der Waals surface area contributed by atoms with E-state index in [4.69, 9.17) is 4.74 Å². The Hall–Kier alpha value is -2.57. The number of amides is 1. The number of aromatic nitrogens is 1. The van der Waals surface area contributed by atoms with Gasteiger partial charge in [-0.15, -0.1) is 0 Å². The summed E-state index contributed by atoms with van der Waals surface area (Å²) < 4.78 is 33.8. The van der Waals surface area contributed by atoms with Crippen molar-refractivity contribution in [2.24, 2.45) is 0 Å². The third-order valence-electron chi connectivity index (χ3n) is 2.48. The first-order chi connectivity index (χ1) is 9.60. The van der Waals surface area contributed by atoms with Crippen LogP contribution in [0.25, 0.3) is 0 Å².